The second kappa shape index (κ2) is 4.97. The van der Waals surface area contributed by atoms with Crippen LogP contribution in [0.2, 0.25) is 0 Å². The first-order valence-electron chi connectivity index (χ1n) is 5.47. The number of H-pyrrole nitrogens is 1. The number of nitrogens with one attached hydrogen (secondary N) is 1. The van der Waals surface area contributed by atoms with Crippen LogP contribution in [0, 0.1) is 0 Å². The second-order valence-corrected chi connectivity index (χ2v) is 3.70. The zero-order valence-corrected chi connectivity index (χ0v) is 9.51. The lowest BCUT2D eigenvalue weighted by Crippen LogP contribution is -2.26. The fourth-order valence-electron chi connectivity index (χ4n) is 1.80. The number of carboxylic acid groups (broad SMARTS) is 1. The van der Waals surface area contributed by atoms with E-state index in [1.54, 1.807) is 19.3 Å². The van der Waals surface area contributed by atoms with Gasteiger partial charge in [-0.3, -0.25) is 0 Å². The van der Waals surface area contributed by atoms with Crippen LogP contribution in [0.5, 0.6) is 0 Å². The molecule has 0 saturated heterocycles. The Hall–Kier alpha value is -1.88. The molecule has 0 aromatic carbocycles. The van der Waals surface area contributed by atoms with Crippen LogP contribution < -0.4 is 0 Å². The number of ether oxygens (including phenoxy) is 1. The summed E-state index contributed by atoms with van der Waals surface area (Å²) in [6, 6.07) is 3.75. The molecule has 0 amide bonds. The van der Waals surface area contributed by atoms with Crippen molar-refractivity contribution < 1.29 is 14.6 Å². The standard InChI is InChI=1S/C12H14N2O3/c1-2-17-10(12(15)16)6-8-7-14-11-9(8)4-3-5-13-11/h3-5,7,10H,2,6H2,1H3,(H,13,14)(H,15,16)/t10-/m0/s1. The van der Waals surface area contributed by atoms with E-state index in [2.05, 4.69) is 9.97 Å². The van der Waals surface area contributed by atoms with E-state index in [0.717, 1.165) is 16.6 Å². The Labute approximate surface area is 98.4 Å². The van der Waals surface area contributed by atoms with Gasteiger partial charge in [0.25, 0.3) is 0 Å². The van der Waals surface area contributed by atoms with E-state index in [1.165, 1.54) is 0 Å². The first-order valence-corrected chi connectivity index (χ1v) is 5.47. The fraction of sp³-hybridized carbons (Fsp3) is 0.333. The molecule has 0 aliphatic heterocycles. The lowest BCUT2D eigenvalue weighted by atomic mass is 10.1. The monoisotopic (exact) mass is 234 g/mol. The van der Waals surface area contributed by atoms with Gasteiger partial charge in [0.15, 0.2) is 6.10 Å². The van der Waals surface area contributed by atoms with E-state index in [9.17, 15) is 4.79 Å². The van der Waals surface area contributed by atoms with Crippen molar-refractivity contribution in [2.75, 3.05) is 6.61 Å². The Morgan fingerprint density at radius 1 is 1.65 bits per heavy atom. The second-order valence-electron chi connectivity index (χ2n) is 3.70. The van der Waals surface area contributed by atoms with Gasteiger partial charge in [-0.25, -0.2) is 9.78 Å². The van der Waals surface area contributed by atoms with Crippen LogP contribution in [0.1, 0.15) is 12.5 Å². The lowest BCUT2D eigenvalue weighted by molar-refractivity contribution is -0.149. The molecular weight excluding hydrogens is 220 g/mol. The topological polar surface area (TPSA) is 75.2 Å². The van der Waals surface area contributed by atoms with Gasteiger partial charge in [-0.05, 0) is 24.6 Å². The predicted octanol–water partition coefficient (Wildman–Crippen LogP) is 1.60. The zero-order chi connectivity index (χ0) is 12.3. The van der Waals surface area contributed by atoms with E-state index < -0.39 is 12.1 Å². The van der Waals surface area contributed by atoms with Crippen molar-refractivity contribution in [2.45, 2.75) is 19.4 Å². The van der Waals surface area contributed by atoms with E-state index in [0.29, 0.717) is 13.0 Å². The summed E-state index contributed by atoms with van der Waals surface area (Å²) in [5.74, 6) is -0.940. The molecule has 0 unspecified atom stereocenters. The molecule has 0 aliphatic rings. The molecule has 2 rings (SSSR count). The molecular formula is C12H14N2O3. The molecule has 0 saturated carbocycles. The highest BCUT2D eigenvalue weighted by Crippen LogP contribution is 2.18. The summed E-state index contributed by atoms with van der Waals surface area (Å²) in [7, 11) is 0. The Morgan fingerprint density at radius 2 is 2.47 bits per heavy atom. The number of pyridine rings is 1. The number of fused-ring (bicyclic) bond motifs is 1. The highest BCUT2D eigenvalue weighted by atomic mass is 16.5. The third kappa shape index (κ3) is 2.45. The molecule has 1 atom stereocenters. The summed E-state index contributed by atoms with van der Waals surface area (Å²) in [5.41, 5.74) is 1.68. The summed E-state index contributed by atoms with van der Waals surface area (Å²) in [6.07, 6.45) is 3.01. The van der Waals surface area contributed by atoms with Gasteiger partial charge in [0, 0.05) is 30.8 Å². The maximum Gasteiger partial charge on any atom is 0.333 e. The molecule has 90 valence electrons. The molecule has 0 bridgehead atoms. The van der Waals surface area contributed by atoms with E-state index in [1.807, 2.05) is 12.1 Å². The Morgan fingerprint density at radius 3 is 3.18 bits per heavy atom. The number of aromatic nitrogens is 2. The number of aromatic amines is 1. The molecule has 0 fully saturated rings. The van der Waals surface area contributed by atoms with Crippen LogP contribution in [0.15, 0.2) is 24.5 Å². The summed E-state index contributed by atoms with van der Waals surface area (Å²) in [6.45, 7) is 2.17. The number of carbonyl (C=O) groups is 1. The van der Waals surface area contributed by atoms with Crippen molar-refractivity contribution in [1.82, 2.24) is 9.97 Å². The van der Waals surface area contributed by atoms with Gasteiger partial charge in [0.2, 0.25) is 0 Å². The average Bonchev–Trinajstić information content (AvgIpc) is 2.72. The van der Waals surface area contributed by atoms with Crippen LogP contribution >= 0.6 is 0 Å². The summed E-state index contributed by atoms with van der Waals surface area (Å²) in [5, 5.41) is 9.97. The van der Waals surface area contributed by atoms with Gasteiger partial charge < -0.3 is 14.8 Å². The molecule has 2 N–H and O–H groups in total. The highest BCUT2D eigenvalue weighted by Gasteiger charge is 2.19. The van der Waals surface area contributed by atoms with E-state index >= 15 is 0 Å². The van der Waals surface area contributed by atoms with Crippen LogP contribution in [-0.4, -0.2) is 33.8 Å². The van der Waals surface area contributed by atoms with Gasteiger partial charge >= 0.3 is 5.97 Å². The third-order valence-corrected chi connectivity index (χ3v) is 2.59. The number of aliphatic carboxylic acids is 1. The smallest absolute Gasteiger partial charge is 0.333 e. The number of hydrogen-bond donors (Lipinski definition) is 2. The minimum atomic E-state index is -0.940. The lowest BCUT2D eigenvalue weighted by Gasteiger charge is -2.11. The first-order chi connectivity index (χ1) is 8.22. The fourth-order valence-corrected chi connectivity index (χ4v) is 1.80. The van der Waals surface area contributed by atoms with Crippen LogP contribution in [0.3, 0.4) is 0 Å². The van der Waals surface area contributed by atoms with Crippen molar-refractivity contribution in [3.63, 3.8) is 0 Å². The van der Waals surface area contributed by atoms with Crippen molar-refractivity contribution in [3.8, 4) is 0 Å². The average molecular weight is 234 g/mol. The largest absolute Gasteiger partial charge is 0.479 e. The maximum atomic E-state index is 11.0. The number of rotatable bonds is 5. The Kier molecular flexibility index (Phi) is 3.39. The van der Waals surface area contributed by atoms with Crippen molar-refractivity contribution >= 4 is 17.0 Å². The SMILES string of the molecule is CCO[C@@H](Cc1c[nH]c2ncccc12)C(=O)O. The summed E-state index contributed by atoms with van der Waals surface area (Å²) in [4.78, 5) is 18.2. The molecule has 17 heavy (non-hydrogen) atoms. The zero-order valence-electron chi connectivity index (χ0n) is 9.51. The highest BCUT2D eigenvalue weighted by molar-refractivity contribution is 5.81. The molecule has 2 aromatic heterocycles. The van der Waals surface area contributed by atoms with Crippen LogP contribution in [0.25, 0.3) is 11.0 Å². The van der Waals surface area contributed by atoms with E-state index in [-0.39, 0.29) is 0 Å². The van der Waals surface area contributed by atoms with Gasteiger partial charge in [-0.1, -0.05) is 0 Å². The third-order valence-electron chi connectivity index (χ3n) is 2.59. The Balaban J connectivity index is 2.25. The Bertz CT molecular complexity index is 521. The minimum Gasteiger partial charge on any atom is -0.479 e. The minimum absolute atomic E-state index is 0.342. The quantitative estimate of drug-likeness (QED) is 0.823. The van der Waals surface area contributed by atoms with Crippen molar-refractivity contribution in [1.29, 1.82) is 0 Å². The molecule has 0 spiro atoms. The van der Waals surface area contributed by atoms with Crippen LogP contribution in [0.4, 0.5) is 0 Å². The normalized spacial score (nSPS) is 12.8. The van der Waals surface area contributed by atoms with Gasteiger partial charge in [0.1, 0.15) is 5.65 Å². The molecule has 2 aromatic rings. The van der Waals surface area contributed by atoms with Gasteiger partial charge in [-0.2, -0.15) is 0 Å². The summed E-state index contributed by atoms with van der Waals surface area (Å²) >= 11 is 0. The molecule has 2 heterocycles. The van der Waals surface area contributed by atoms with Crippen LogP contribution in [-0.2, 0) is 16.0 Å². The summed E-state index contributed by atoms with van der Waals surface area (Å²) < 4.78 is 5.19. The van der Waals surface area contributed by atoms with E-state index in [4.69, 9.17) is 9.84 Å². The van der Waals surface area contributed by atoms with Gasteiger partial charge in [0.05, 0.1) is 0 Å². The van der Waals surface area contributed by atoms with Gasteiger partial charge in [-0.15, -0.1) is 0 Å². The molecule has 0 radical (unpaired) electrons. The maximum absolute atomic E-state index is 11.0. The molecule has 5 nitrogen and oxygen atoms in total. The van der Waals surface area contributed by atoms with Crippen molar-refractivity contribution in [3.05, 3.63) is 30.1 Å². The number of nitrogens with zero attached hydrogens (tertiary/aromatic N) is 1. The molecule has 5 heteroatoms. The molecule has 0 aliphatic carbocycles. The van der Waals surface area contributed by atoms with Crippen molar-refractivity contribution in [2.24, 2.45) is 0 Å². The number of carboxylic acids is 1. The first kappa shape index (κ1) is 11.6. The predicted molar refractivity (Wildman–Crippen MR) is 62.8 cm³/mol. The number of hydrogen-bond acceptors (Lipinski definition) is 3.